The molecule has 1 rings (SSSR count). The van der Waals surface area contributed by atoms with E-state index in [4.69, 9.17) is 0 Å². The number of rotatable bonds is 1. The van der Waals surface area contributed by atoms with Crippen LogP contribution in [0.5, 0.6) is 0 Å². The number of hydrogen-bond acceptors (Lipinski definition) is 3. The van der Waals surface area contributed by atoms with E-state index >= 15 is 0 Å². The summed E-state index contributed by atoms with van der Waals surface area (Å²) in [6.45, 7) is 0. The molecule has 0 saturated carbocycles. The summed E-state index contributed by atoms with van der Waals surface area (Å²) < 4.78 is 32.8. The smallest absolute Gasteiger partial charge is 0.195 e. The number of hydrogen-bond donors (Lipinski definition) is 0. The van der Waals surface area contributed by atoms with E-state index in [0.29, 0.717) is 12.2 Å². The lowest BCUT2D eigenvalue weighted by Gasteiger charge is -2.16. The van der Waals surface area contributed by atoms with Crippen LogP contribution in [0.1, 0.15) is 12.8 Å². The van der Waals surface area contributed by atoms with E-state index in [2.05, 4.69) is 0 Å². The van der Waals surface area contributed by atoms with E-state index in [0.717, 1.165) is 12.2 Å². The minimum absolute atomic E-state index is 0.429. The van der Waals surface area contributed by atoms with Crippen LogP contribution in [0.3, 0.4) is 0 Å². The third kappa shape index (κ3) is 2.12. The van der Waals surface area contributed by atoms with Gasteiger partial charge in [0.25, 0.3) is 0 Å². The van der Waals surface area contributed by atoms with Crippen molar-refractivity contribution in [2.24, 2.45) is 0 Å². The van der Waals surface area contributed by atoms with Crippen LogP contribution in [0.25, 0.3) is 0 Å². The van der Waals surface area contributed by atoms with Gasteiger partial charge in [0.05, 0.1) is 5.25 Å². The van der Waals surface area contributed by atoms with E-state index < -0.39 is 15.5 Å². The summed E-state index contributed by atoms with van der Waals surface area (Å²) >= 11 is 1.51. The Bertz CT molecular complexity index is 194. The highest BCUT2D eigenvalue weighted by molar-refractivity contribution is 8.00. The van der Waals surface area contributed by atoms with Gasteiger partial charge < -0.3 is 0 Å². The highest BCUT2D eigenvalue weighted by atomic mass is 32.3. The standard InChI is InChI=1S/C5H9FO2S2/c6-10(7,8)5-2-1-3-9-4-5/h5H,1-4H2. The van der Waals surface area contributed by atoms with Crippen LogP contribution < -0.4 is 0 Å². The topological polar surface area (TPSA) is 34.1 Å². The maximum atomic E-state index is 12.2. The normalized spacial score (nSPS) is 28.3. The Kier molecular flexibility index (Phi) is 2.57. The van der Waals surface area contributed by atoms with Gasteiger partial charge in [-0.1, -0.05) is 0 Å². The van der Waals surface area contributed by atoms with E-state index in [1.165, 1.54) is 11.8 Å². The average molecular weight is 184 g/mol. The Balaban J connectivity index is 2.56. The molecule has 0 bridgehead atoms. The van der Waals surface area contributed by atoms with Gasteiger partial charge in [-0.05, 0) is 18.6 Å². The number of thioether (sulfide) groups is 1. The fraction of sp³-hybridized carbons (Fsp3) is 1.00. The molecule has 1 aliphatic heterocycles. The lowest BCUT2D eigenvalue weighted by molar-refractivity contribution is 0.531. The molecular formula is C5H9FO2S2. The van der Waals surface area contributed by atoms with Crippen molar-refractivity contribution < 1.29 is 12.3 Å². The van der Waals surface area contributed by atoms with Crippen LogP contribution in [0, 0.1) is 0 Å². The first-order chi connectivity index (χ1) is 4.61. The van der Waals surface area contributed by atoms with Gasteiger partial charge >= 0.3 is 10.2 Å². The summed E-state index contributed by atoms with van der Waals surface area (Å²) in [5.74, 6) is 1.39. The van der Waals surface area contributed by atoms with Gasteiger partial charge in [0, 0.05) is 5.75 Å². The van der Waals surface area contributed by atoms with E-state index in [9.17, 15) is 12.3 Å². The number of halogens is 1. The Morgan fingerprint density at radius 1 is 1.50 bits per heavy atom. The van der Waals surface area contributed by atoms with Crippen LogP contribution >= 0.6 is 11.8 Å². The Morgan fingerprint density at radius 2 is 2.20 bits per heavy atom. The molecule has 60 valence electrons. The van der Waals surface area contributed by atoms with Crippen molar-refractivity contribution in [1.82, 2.24) is 0 Å². The molecule has 0 aliphatic carbocycles. The van der Waals surface area contributed by atoms with Gasteiger partial charge in [-0.2, -0.15) is 20.2 Å². The van der Waals surface area contributed by atoms with Crippen molar-refractivity contribution in [2.75, 3.05) is 11.5 Å². The summed E-state index contributed by atoms with van der Waals surface area (Å²) in [4.78, 5) is 0. The van der Waals surface area contributed by atoms with Gasteiger partial charge in [0.2, 0.25) is 0 Å². The first kappa shape index (κ1) is 8.33. The van der Waals surface area contributed by atoms with E-state index in [1.54, 1.807) is 0 Å². The van der Waals surface area contributed by atoms with Gasteiger partial charge in [-0.3, -0.25) is 0 Å². The molecule has 5 heteroatoms. The van der Waals surface area contributed by atoms with Gasteiger partial charge in [0.15, 0.2) is 0 Å². The average Bonchev–Trinajstić information content (AvgIpc) is 1.88. The minimum atomic E-state index is -4.25. The quantitative estimate of drug-likeness (QED) is 0.574. The summed E-state index contributed by atoms with van der Waals surface area (Å²) in [7, 11) is -4.25. The third-order valence-electron chi connectivity index (χ3n) is 1.52. The molecule has 1 unspecified atom stereocenters. The second kappa shape index (κ2) is 3.09. The highest BCUT2D eigenvalue weighted by Crippen LogP contribution is 2.23. The largest absolute Gasteiger partial charge is 0.306 e. The molecule has 1 atom stereocenters. The minimum Gasteiger partial charge on any atom is -0.195 e. The molecule has 1 aliphatic rings. The molecule has 0 aromatic rings. The molecule has 10 heavy (non-hydrogen) atoms. The van der Waals surface area contributed by atoms with Gasteiger partial charge in [-0.15, -0.1) is 3.89 Å². The third-order valence-corrected chi connectivity index (χ3v) is 4.14. The molecule has 0 N–H and O–H groups in total. The van der Waals surface area contributed by atoms with Crippen LogP contribution in [0.15, 0.2) is 0 Å². The van der Waals surface area contributed by atoms with Crippen molar-refractivity contribution >= 4 is 22.0 Å². The monoisotopic (exact) mass is 184 g/mol. The molecular weight excluding hydrogens is 175 g/mol. The lowest BCUT2D eigenvalue weighted by atomic mass is 10.3. The zero-order valence-corrected chi connectivity index (χ0v) is 7.05. The molecule has 0 aromatic carbocycles. The SMILES string of the molecule is O=S(=O)(F)C1CCCSC1. The molecule has 1 heterocycles. The summed E-state index contributed by atoms with van der Waals surface area (Å²) in [6, 6.07) is 0. The molecule has 1 fully saturated rings. The first-order valence-corrected chi connectivity index (χ1v) is 5.72. The fourth-order valence-electron chi connectivity index (χ4n) is 0.933. The predicted molar refractivity (Wildman–Crippen MR) is 40.4 cm³/mol. The summed E-state index contributed by atoms with van der Waals surface area (Å²) in [5.41, 5.74) is 0. The summed E-state index contributed by atoms with van der Waals surface area (Å²) in [6.07, 6.45) is 1.31. The van der Waals surface area contributed by atoms with Crippen molar-refractivity contribution in [3.05, 3.63) is 0 Å². The van der Waals surface area contributed by atoms with Crippen molar-refractivity contribution in [3.63, 3.8) is 0 Å². The first-order valence-electron chi connectivity index (χ1n) is 3.12. The Hall–Kier alpha value is 0.230. The van der Waals surface area contributed by atoms with Crippen LogP contribution in [-0.4, -0.2) is 25.2 Å². The Labute approximate surface area is 64.4 Å². The van der Waals surface area contributed by atoms with Crippen LogP contribution in [0.4, 0.5) is 3.89 Å². The maximum Gasteiger partial charge on any atom is 0.306 e. The molecule has 2 nitrogen and oxygen atoms in total. The molecule has 0 spiro atoms. The van der Waals surface area contributed by atoms with E-state index in [1.807, 2.05) is 0 Å². The second-order valence-electron chi connectivity index (χ2n) is 2.31. The molecule has 0 radical (unpaired) electrons. The predicted octanol–water partition coefficient (Wildman–Crippen LogP) is 1.18. The van der Waals surface area contributed by atoms with E-state index in [-0.39, 0.29) is 0 Å². The Morgan fingerprint density at radius 3 is 2.50 bits per heavy atom. The maximum absolute atomic E-state index is 12.2. The lowest BCUT2D eigenvalue weighted by Crippen LogP contribution is -2.23. The van der Waals surface area contributed by atoms with Crippen molar-refractivity contribution in [2.45, 2.75) is 18.1 Å². The fourth-order valence-corrected chi connectivity index (χ4v) is 3.29. The zero-order valence-electron chi connectivity index (χ0n) is 5.42. The van der Waals surface area contributed by atoms with Crippen LogP contribution in [-0.2, 0) is 10.2 Å². The summed E-state index contributed by atoms with van der Waals surface area (Å²) in [5, 5.41) is -0.730. The second-order valence-corrected chi connectivity index (χ2v) is 5.08. The van der Waals surface area contributed by atoms with Gasteiger partial charge in [0.1, 0.15) is 0 Å². The zero-order chi connectivity index (χ0) is 7.61. The molecule has 0 amide bonds. The molecule has 1 saturated heterocycles. The van der Waals surface area contributed by atoms with Crippen molar-refractivity contribution in [3.8, 4) is 0 Å². The van der Waals surface area contributed by atoms with Crippen molar-refractivity contribution in [1.29, 1.82) is 0 Å². The van der Waals surface area contributed by atoms with Gasteiger partial charge in [-0.25, -0.2) is 0 Å². The van der Waals surface area contributed by atoms with Crippen LogP contribution in [0.2, 0.25) is 0 Å². The highest BCUT2D eigenvalue weighted by Gasteiger charge is 2.26. The molecule has 0 aromatic heterocycles.